The molecule has 7 nitrogen and oxygen atoms in total. The van der Waals surface area contributed by atoms with Crippen LogP contribution < -0.4 is 14.9 Å². The zero-order valence-corrected chi connectivity index (χ0v) is 13.4. The first kappa shape index (κ1) is 15.0. The van der Waals surface area contributed by atoms with E-state index in [1.54, 1.807) is 23.2 Å². The Morgan fingerprint density at radius 3 is 2.58 bits per heavy atom. The van der Waals surface area contributed by atoms with Gasteiger partial charge in [-0.1, -0.05) is 0 Å². The molecule has 0 unspecified atom stereocenters. The lowest BCUT2D eigenvalue weighted by molar-refractivity contribution is 0.0301. The van der Waals surface area contributed by atoms with Crippen molar-refractivity contribution >= 4 is 16.8 Å². The summed E-state index contributed by atoms with van der Waals surface area (Å²) >= 11 is 0. The Hall–Kier alpha value is -2.54. The molecule has 3 heterocycles. The molecular formula is C17H18N2O5. The molecule has 0 spiro atoms. The molecule has 2 aromatic rings. The number of morpholine rings is 1. The summed E-state index contributed by atoms with van der Waals surface area (Å²) in [5.41, 5.74) is 0.653. The number of hydrogen-bond donors (Lipinski definition) is 0. The number of ether oxygens (including phenoxy) is 3. The molecule has 7 heteroatoms. The van der Waals surface area contributed by atoms with Gasteiger partial charge in [-0.15, -0.1) is 0 Å². The highest BCUT2D eigenvalue weighted by molar-refractivity contribution is 5.98. The van der Waals surface area contributed by atoms with Crippen LogP contribution in [-0.4, -0.2) is 48.5 Å². The Kier molecular flexibility index (Phi) is 3.65. The molecule has 0 saturated carbocycles. The number of carbonyl (C=O) groups excluding carboxylic acids is 1. The van der Waals surface area contributed by atoms with Gasteiger partial charge in [-0.05, 0) is 13.0 Å². The van der Waals surface area contributed by atoms with Crippen molar-refractivity contribution in [3.63, 3.8) is 0 Å². The van der Waals surface area contributed by atoms with Crippen molar-refractivity contribution in [1.82, 2.24) is 9.47 Å². The second kappa shape index (κ2) is 5.83. The lowest BCUT2D eigenvalue weighted by Crippen LogP contribution is -2.42. The predicted octanol–water partition coefficient (Wildman–Crippen LogP) is 1.22. The summed E-state index contributed by atoms with van der Waals surface area (Å²) in [5, 5.41) is 0.472. The summed E-state index contributed by atoms with van der Waals surface area (Å²) in [6, 6.07) is 3.47. The second-order valence-corrected chi connectivity index (χ2v) is 5.79. The normalized spacial score (nSPS) is 16.6. The van der Waals surface area contributed by atoms with E-state index in [1.807, 2.05) is 11.5 Å². The topological polar surface area (TPSA) is 70.0 Å². The van der Waals surface area contributed by atoms with E-state index in [1.165, 1.54) is 0 Å². The minimum absolute atomic E-state index is 0.144. The molecule has 0 radical (unpaired) electrons. The first-order chi connectivity index (χ1) is 11.7. The molecule has 0 aliphatic carbocycles. The Morgan fingerprint density at radius 1 is 1.17 bits per heavy atom. The maximum Gasteiger partial charge on any atom is 0.259 e. The summed E-state index contributed by atoms with van der Waals surface area (Å²) in [7, 11) is 0. The Morgan fingerprint density at radius 2 is 1.88 bits per heavy atom. The highest BCUT2D eigenvalue weighted by atomic mass is 16.7. The molecular weight excluding hydrogens is 312 g/mol. The van der Waals surface area contributed by atoms with Crippen LogP contribution >= 0.6 is 0 Å². The Balaban J connectivity index is 1.87. The molecule has 0 atom stereocenters. The van der Waals surface area contributed by atoms with E-state index in [0.717, 1.165) is 5.52 Å². The lowest BCUT2D eigenvalue weighted by Gasteiger charge is -2.27. The molecule has 1 aromatic heterocycles. The Bertz CT molecular complexity index is 867. The molecule has 126 valence electrons. The Labute approximate surface area is 138 Å². The number of fused-ring (bicyclic) bond motifs is 2. The number of carbonyl (C=O) groups is 1. The van der Waals surface area contributed by atoms with Gasteiger partial charge in [-0.2, -0.15) is 0 Å². The molecule has 4 rings (SSSR count). The largest absolute Gasteiger partial charge is 0.454 e. The highest BCUT2D eigenvalue weighted by Crippen LogP contribution is 2.35. The smallest absolute Gasteiger partial charge is 0.259 e. The lowest BCUT2D eigenvalue weighted by atomic mass is 10.1. The molecule has 24 heavy (non-hydrogen) atoms. The van der Waals surface area contributed by atoms with Crippen LogP contribution in [0.3, 0.4) is 0 Å². The summed E-state index contributed by atoms with van der Waals surface area (Å²) < 4.78 is 17.9. The van der Waals surface area contributed by atoms with Crippen LogP contribution in [0.15, 0.2) is 23.1 Å². The molecule has 1 saturated heterocycles. The minimum atomic E-state index is -0.274. The van der Waals surface area contributed by atoms with Gasteiger partial charge in [0.05, 0.1) is 24.1 Å². The van der Waals surface area contributed by atoms with E-state index in [4.69, 9.17) is 14.2 Å². The molecule has 1 amide bonds. The van der Waals surface area contributed by atoms with Crippen molar-refractivity contribution in [2.24, 2.45) is 0 Å². The molecule has 0 N–H and O–H groups in total. The maximum absolute atomic E-state index is 12.9. The maximum atomic E-state index is 12.9. The van der Waals surface area contributed by atoms with Crippen molar-refractivity contribution in [3.8, 4) is 11.5 Å². The third kappa shape index (κ3) is 2.32. The van der Waals surface area contributed by atoms with E-state index in [2.05, 4.69) is 0 Å². The van der Waals surface area contributed by atoms with Gasteiger partial charge in [0.25, 0.3) is 5.91 Å². The average Bonchev–Trinajstić information content (AvgIpc) is 3.08. The third-order valence-electron chi connectivity index (χ3n) is 4.44. The zero-order valence-electron chi connectivity index (χ0n) is 13.4. The van der Waals surface area contributed by atoms with Crippen LogP contribution in [0.2, 0.25) is 0 Å². The van der Waals surface area contributed by atoms with Crippen LogP contribution in [-0.2, 0) is 11.3 Å². The summed E-state index contributed by atoms with van der Waals surface area (Å²) in [6.07, 6.45) is 1.64. The van der Waals surface area contributed by atoms with Crippen LogP contribution in [0, 0.1) is 0 Å². The SMILES string of the molecule is CCn1cc(C(=O)N2CCOCC2)c(=O)c2cc3c(cc21)OCO3. The number of benzene rings is 1. The fraction of sp³-hybridized carbons (Fsp3) is 0.412. The average molecular weight is 330 g/mol. The van der Waals surface area contributed by atoms with Gasteiger partial charge >= 0.3 is 0 Å². The quantitative estimate of drug-likeness (QED) is 0.828. The van der Waals surface area contributed by atoms with Gasteiger partial charge in [-0.3, -0.25) is 9.59 Å². The number of aromatic nitrogens is 1. The second-order valence-electron chi connectivity index (χ2n) is 5.79. The number of pyridine rings is 1. The first-order valence-electron chi connectivity index (χ1n) is 8.03. The van der Waals surface area contributed by atoms with Gasteiger partial charge < -0.3 is 23.7 Å². The number of nitrogens with zero attached hydrogens (tertiary/aromatic N) is 2. The van der Waals surface area contributed by atoms with E-state index >= 15 is 0 Å². The van der Waals surface area contributed by atoms with Crippen LogP contribution in [0.1, 0.15) is 17.3 Å². The molecule has 2 aliphatic heterocycles. The van der Waals surface area contributed by atoms with Crippen LogP contribution in [0.4, 0.5) is 0 Å². The molecule has 0 bridgehead atoms. The minimum Gasteiger partial charge on any atom is -0.454 e. The van der Waals surface area contributed by atoms with Crippen molar-refractivity contribution in [1.29, 1.82) is 0 Å². The molecule has 1 fully saturated rings. The van der Waals surface area contributed by atoms with Gasteiger partial charge in [-0.25, -0.2) is 0 Å². The van der Waals surface area contributed by atoms with E-state index in [0.29, 0.717) is 49.7 Å². The number of hydrogen-bond acceptors (Lipinski definition) is 5. The number of amides is 1. The van der Waals surface area contributed by atoms with Crippen molar-refractivity contribution in [2.75, 3.05) is 33.1 Å². The summed E-state index contributed by atoms with van der Waals surface area (Å²) in [6.45, 7) is 4.76. The van der Waals surface area contributed by atoms with Crippen LogP contribution in [0.25, 0.3) is 10.9 Å². The molecule has 1 aromatic carbocycles. The predicted molar refractivity (Wildman–Crippen MR) is 86.7 cm³/mol. The number of aryl methyl sites for hydroxylation is 1. The summed E-state index contributed by atoms with van der Waals surface area (Å²) in [5.74, 6) is 0.916. The fourth-order valence-corrected chi connectivity index (χ4v) is 3.13. The highest BCUT2D eigenvalue weighted by Gasteiger charge is 2.24. The first-order valence-corrected chi connectivity index (χ1v) is 8.03. The fourth-order valence-electron chi connectivity index (χ4n) is 3.13. The van der Waals surface area contributed by atoms with Gasteiger partial charge in [0.2, 0.25) is 12.2 Å². The standard InChI is InChI=1S/C17H18N2O5/c1-2-18-9-12(17(21)19-3-5-22-6-4-19)16(20)11-7-14-15(8-13(11)18)24-10-23-14/h7-9H,2-6,10H2,1H3. The van der Waals surface area contributed by atoms with E-state index in [-0.39, 0.29) is 23.7 Å². The van der Waals surface area contributed by atoms with Crippen molar-refractivity contribution < 1.29 is 19.0 Å². The van der Waals surface area contributed by atoms with Crippen LogP contribution in [0.5, 0.6) is 11.5 Å². The van der Waals surface area contributed by atoms with Gasteiger partial charge in [0, 0.05) is 31.9 Å². The van der Waals surface area contributed by atoms with Gasteiger partial charge in [0.1, 0.15) is 5.56 Å². The van der Waals surface area contributed by atoms with E-state index < -0.39 is 0 Å². The monoisotopic (exact) mass is 330 g/mol. The van der Waals surface area contributed by atoms with Crippen molar-refractivity contribution in [3.05, 3.63) is 34.1 Å². The zero-order chi connectivity index (χ0) is 16.7. The molecule has 2 aliphatic rings. The van der Waals surface area contributed by atoms with Gasteiger partial charge in [0.15, 0.2) is 11.5 Å². The van der Waals surface area contributed by atoms with E-state index in [9.17, 15) is 9.59 Å². The summed E-state index contributed by atoms with van der Waals surface area (Å²) in [4.78, 5) is 27.3. The number of rotatable bonds is 2. The third-order valence-corrected chi connectivity index (χ3v) is 4.44. The van der Waals surface area contributed by atoms with Crippen molar-refractivity contribution in [2.45, 2.75) is 13.5 Å².